The van der Waals surface area contributed by atoms with Gasteiger partial charge in [0.25, 0.3) is 5.56 Å². The van der Waals surface area contributed by atoms with Gasteiger partial charge in [-0.1, -0.05) is 27.2 Å². The lowest BCUT2D eigenvalue weighted by atomic mass is 9.70. The number of nitrogen functional groups attached to an aromatic ring is 1. The molecule has 1 aliphatic rings. The Labute approximate surface area is 126 Å². The molecule has 1 aromatic heterocycles. The van der Waals surface area contributed by atoms with E-state index in [0.29, 0.717) is 29.0 Å². The molecule has 2 rings (SSSR count). The van der Waals surface area contributed by atoms with Crippen LogP contribution in [0.5, 0.6) is 0 Å². The summed E-state index contributed by atoms with van der Waals surface area (Å²) in [6.07, 6.45) is 5.32. The van der Waals surface area contributed by atoms with Crippen LogP contribution in [-0.2, 0) is 16.8 Å². The topological polar surface area (TPSA) is 81.0 Å². The fourth-order valence-corrected chi connectivity index (χ4v) is 3.09. The Hall–Kier alpha value is -1.36. The lowest BCUT2D eigenvalue weighted by molar-refractivity contribution is -0.0730. The molecule has 0 unspecified atom stereocenters. The maximum absolute atomic E-state index is 12.2. The number of aromatic nitrogens is 2. The van der Waals surface area contributed by atoms with E-state index >= 15 is 0 Å². The van der Waals surface area contributed by atoms with Crippen molar-refractivity contribution in [2.24, 2.45) is 5.41 Å². The molecule has 1 aromatic rings. The Kier molecular flexibility index (Phi) is 4.42. The number of aromatic amines is 1. The monoisotopic (exact) mass is 293 g/mol. The highest BCUT2D eigenvalue weighted by Gasteiger charge is 2.42. The second-order valence-electron chi connectivity index (χ2n) is 6.89. The van der Waals surface area contributed by atoms with Gasteiger partial charge >= 0.3 is 0 Å². The minimum atomic E-state index is -0.506. The third-order valence-electron chi connectivity index (χ3n) is 4.78. The van der Waals surface area contributed by atoms with Gasteiger partial charge < -0.3 is 15.5 Å². The Bertz CT molecular complexity index is 553. The molecule has 21 heavy (non-hydrogen) atoms. The third-order valence-corrected chi connectivity index (χ3v) is 4.78. The molecule has 1 fully saturated rings. The highest BCUT2D eigenvalue weighted by molar-refractivity contribution is 5.38. The first-order chi connectivity index (χ1) is 9.83. The van der Waals surface area contributed by atoms with Crippen LogP contribution in [0.15, 0.2) is 4.79 Å². The Morgan fingerprint density at radius 1 is 1.29 bits per heavy atom. The van der Waals surface area contributed by atoms with Gasteiger partial charge in [-0.05, 0) is 37.5 Å². The van der Waals surface area contributed by atoms with Crippen LogP contribution in [-0.4, -0.2) is 17.1 Å². The number of rotatable bonds is 4. The van der Waals surface area contributed by atoms with E-state index in [1.807, 2.05) is 6.92 Å². The van der Waals surface area contributed by atoms with Crippen molar-refractivity contribution in [3.63, 3.8) is 0 Å². The Morgan fingerprint density at radius 2 is 1.90 bits per heavy atom. The van der Waals surface area contributed by atoms with Gasteiger partial charge in [0.2, 0.25) is 0 Å². The number of nitrogens with two attached hydrogens (primary N) is 1. The van der Waals surface area contributed by atoms with Crippen molar-refractivity contribution in [1.82, 2.24) is 9.97 Å². The van der Waals surface area contributed by atoms with Crippen molar-refractivity contribution >= 4 is 5.82 Å². The van der Waals surface area contributed by atoms with Crippen molar-refractivity contribution in [3.05, 3.63) is 21.7 Å². The molecular formula is C16H27N3O2. The predicted octanol–water partition coefficient (Wildman–Crippen LogP) is 2.75. The van der Waals surface area contributed by atoms with Gasteiger partial charge in [-0.3, -0.25) is 4.79 Å². The van der Waals surface area contributed by atoms with Crippen LogP contribution in [0.3, 0.4) is 0 Å². The maximum atomic E-state index is 12.2. The second-order valence-corrected chi connectivity index (χ2v) is 6.89. The van der Waals surface area contributed by atoms with E-state index in [-0.39, 0.29) is 5.56 Å². The van der Waals surface area contributed by atoms with Crippen LogP contribution >= 0.6 is 0 Å². The van der Waals surface area contributed by atoms with Crippen LogP contribution in [0.1, 0.15) is 64.3 Å². The van der Waals surface area contributed by atoms with E-state index in [1.165, 1.54) is 0 Å². The average molecular weight is 293 g/mol. The Balaban J connectivity index is 2.38. The third kappa shape index (κ3) is 3.12. The molecule has 0 atom stereocenters. The summed E-state index contributed by atoms with van der Waals surface area (Å²) in [6.45, 7) is 6.55. The summed E-state index contributed by atoms with van der Waals surface area (Å²) in [6, 6.07) is 0. The quantitative estimate of drug-likeness (QED) is 0.894. The summed E-state index contributed by atoms with van der Waals surface area (Å²) in [4.78, 5) is 19.6. The minimum Gasteiger partial charge on any atom is -0.383 e. The standard InChI is InChI=1S/C16H27N3O2/c1-5-6-11-12(17)18-14(19-13(11)20)16(21-4)9-7-15(2,3)8-10-16/h5-10H2,1-4H3,(H3,17,18,19,20). The lowest BCUT2D eigenvalue weighted by Gasteiger charge is -2.41. The number of hydrogen-bond acceptors (Lipinski definition) is 4. The fourth-order valence-electron chi connectivity index (χ4n) is 3.09. The number of nitrogens with one attached hydrogen (secondary N) is 1. The number of ether oxygens (including phenoxy) is 1. The normalized spacial score (nSPS) is 20.4. The SMILES string of the molecule is CCCc1c(N)nc(C2(OC)CCC(C)(C)CC2)[nH]c1=O. The van der Waals surface area contributed by atoms with E-state index in [9.17, 15) is 4.79 Å². The molecule has 0 aromatic carbocycles. The van der Waals surface area contributed by atoms with Crippen LogP contribution in [0.4, 0.5) is 5.82 Å². The maximum Gasteiger partial charge on any atom is 0.256 e. The van der Waals surface area contributed by atoms with Gasteiger partial charge in [-0.15, -0.1) is 0 Å². The molecule has 0 spiro atoms. The molecule has 0 bridgehead atoms. The highest BCUT2D eigenvalue weighted by atomic mass is 16.5. The molecule has 118 valence electrons. The van der Waals surface area contributed by atoms with Crippen molar-refractivity contribution in [2.45, 2.75) is 64.9 Å². The zero-order valence-electron chi connectivity index (χ0n) is 13.6. The van der Waals surface area contributed by atoms with Crippen molar-refractivity contribution < 1.29 is 4.74 Å². The second kappa shape index (κ2) is 5.79. The van der Waals surface area contributed by atoms with E-state index < -0.39 is 5.60 Å². The number of methoxy groups -OCH3 is 1. The first kappa shape index (κ1) is 16.0. The van der Waals surface area contributed by atoms with E-state index in [2.05, 4.69) is 23.8 Å². The van der Waals surface area contributed by atoms with Crippen molar-refractivity contribution in [1.29, 1.82) is 0 Å². The summed E-state index contributed by atoms with van der Waals surface area (Å²) in [5.74, 6) is 0.930. The minimum absolute atomic E-state index is 0.124. The smallest absolute Gasteiger partial charge is 0.256 e. The van der Waals surface area contributed by atoms with Crippen molar-refractivity contribution in [2.75, 3.05) is 12.8 Å². The largest absolute Gasteiger partial charge is 0.383 e. The number of nitrogens with zero attached hydrogens (tertiary/aromatic N) is 1. The Morgan fingerprint density at radius 3 is 2.38 bits per heavy atom. The molecule has 5 nitrogen and oxygen atoms in total. The first-order valence-corrected chi connectivity index (χ1v) is 7.78. The highest BCUT2D eigenvalue weighted by Crippen LogP contribution is 2.46. The fraction of sp³-hybridized carbons (Fsp3) is 0.750. The molecule has 5 heteroatoms. The van der Waals surface area contributed by atoms with E-state index in [4.69, 9.17) is 10.5 Å². The van der Waals surface area contributed by atoms with Gasteiger partial charge in [0, 0.05) is 7.11 Å². The molecule has 0 aliphatic heterocycles. The summed E-state index contributed by atoms with van der Waals surface area (Å²) in [5, 5.41) is 0. The van der Waals surface area contributed by atoms with Crippen LogP contribution < -0.4 is 11.3 Å². The number of anilines is 1. The molecule has 0 saturated heterocycles. The summed E-state index contributed by atoms with van der Waals surface area (Å²) < 4.78 is 5.78. The van der Waals surface area contributed by atoms with Gasteiger partial charge in [0.1, 0.15) is 17.2 Å². The van der Waals surface area contributed by atoms with Crippen molar-refractivity contribution in [3.8, 4) is 0 Å². The van der Waals surface area contributed by atoms with E-state index in [1.54, 1.807) is 7.11 Å². The molecule has 1 saturated carbocycles. The van der Waals surface area contributed by atoms with Crippen LogP contribution in [0.25, 0.3) is 0 Å². The predicted molar refractivity (Wildman–Crippen MR) is 84.2 cm³/mol. The zero-order valence-corrected chi connectivity index (χ0v) is 13.6. The lowest BCUT2D eigenvalue weighted by Crippen LogP contribution is -2.39. The van der Waals surface area contributed by atoms with Gasteiger partial charge in [0.15, 0.2) is 0 Å². The summed E-state index contributed by atoms with van der Waals surface area (Å²) >= 11 is 0. The molecule has 0 amide bonds. The molecule has 0 radical (unpaired) electrons. The first-order valence-electron chi connectivity index (χ1n) is 7.78. The zero-order chi connectivity index (χ0) is 15.7. The number of hydrogen-bond donors (Lipinski definition) is 2. The van der Waals surface area contributed by atoms with Gasteiger partial charge in [-0.25, -0.2) is 4.98 Å². The van der Waals surface area contributed by atoms with E-state index in [0.717, 1.165) is 32.1 Å². The summed E-state index contributed by atoms with van der Waals surface area (Å²) in [5.41, 5.74) is 6.27. The van der Waals surface area contributed by atoms with Gasteiger partial charge in [-0.2, -0.15) is 0 Å². The van der Waals surface area contributed by atoms with Gasteiger partial charge in [0.05, 0.1) is 5.56 Å². The molecular weight excluding hydrogens is 266 g/mol. The summed E-state index contributed by atoms with van der Waals surface area (Å²) in [7, 11) is 1.69. The number of H-pyrrole nitrogens is 1. The average Bonchev–Trinajstić information content (AvgIpc) is 2.43. The molecule has 3 N–H and O–H groups in total. The molecule has 1 heterocycles. The van der Waals surface area contributed by atoms with Crippen LogP contribution in [0, 0.1) is 5.41 Å². The van der Waals surface area contributed by atoms with Crippen LogP contribution in [0.2, 0.25) is 0 Å². The molecule has 1 aliphatic carbocycles.